The number of thioether (sulfide) groups is 1. The fraction of sp³-hybridized carbons (Fsp3) is 0.308. The summed E-state index contributed by atoms with van der Waals surface area (Å²) < 4.78 is 6.61. The maximum absolute atomic E-state index is 11.9. The summed E-state index contributed by atoms with van der Waals surface area (Å²) in [7, 11) is 3.02. The molecule has 1 atom stereocenters. The molecular formula is C13H16N6O3S. The van der Waals surface area contributed by atoms with E-state index in [1.165, 1.54) is 11.7 Å². The van der Waals surface area contributed by atoms with Crippen molar-refractivity contribution in [1.82, 2.24) is 30.8 Å². The number of rotatable bonds is 5. The lowest BCUT2D eigenvalue weighted by Gasteiger charge is -2.10. The minimum atomic E-state index is -0.558. The second-order valence-corrected chi connectivity index (χ2v) is 5.71. The second kappa shape index (κ2) is 7.58. The van der Waals surface area contributed by atoms with Crippen LogP contribution in [0.1, 0.15) is 6.92 Å². The monoisotopic (exact) mass is 336 g/mol. The van der Waals surface area contributed by atoms with Crippen molar-refractivity contribution in [1.29, 1.82) is 0 Å². The van der Waals surface area contributed by atoms with Gasteiger partial charge in [-0.3, -0.25) is 10.1 Å². The number of methoxy groups -OCH3 is 1. The molecule has 0 bridgehead atoms. The lowest BCUT2D eigenvalue weighted by Crippen LogP contribution is -2.41. The molecule has 1 aromatic carbocycles. The fourth-order valence-corrected chi connectivity index (χ4v) is 2.43. The zero-order valence-electron chi connectivity index (χ0n) is 12.8. The van der Waals surface area contributed by atoms with Gasteiger partial charge in [0.15, 0.2) is 0 Å². The number of amides is 3. The van der Waals surface area contributed by atoms with E-state index in [9.17, 15) is 9.59 Å². The Morgan fingerprint density at radius 3 is 2.61 bits per heavy atom. The predicted molar refractivity (Wildman–Crippen MR) is 83.6 cm³/mol. The maximum Gasteiger partial charge on any atom is 0.321 e. The predicted octanol–water partition coefficient (Wildman–Crippen LogP) is 0.607. The molecule has 3 amide bonds. The van der Waals surface area contributed by atoms with Crippen LogP contribution in [0.2, 0.25) is 0 Å². The van der Waals surface area contributed by atoms with Gasteiger partial charge in [-0.2, -0.15) is 4.68 Å². The van der Waals surface area contributed by atoms with Gasteiger partial charge < -0.3 is 10.1 Å². The second-order valence-electron chi connectivity index (χ2n) is 4.40. The summed E-state index contributed by atoms with van der Waals surface area (Å²) in [6.07, 6.45) is 0. The van der Waals surface area contributed by atoms with Gasteiger partial charge in [-0.15, -0.1) is 5.10 Å². The standard InChI is InChI=1S/C13H16N6O3S/c1-8(11(20)15-12(21)14-2)23-13-16-17-18-19(13)9-4-6-10(22-3)7-5-9/h4-8H,1-3H3,(H2,14,15,20,21). The zero-order chi connectivity index (χ0) is 16.8. The summed E-state index contributed by atoms with van der Waals surface area (Å²) >= 11 is 1.15. The third-order valence-electron chi connectivity index (χ3n) is 2.87. The Bertz CT molecular complexity index is 687. The molecule has 2 rings (SSSR count). The van der Waals surface area contributed by atoms with Gasteiger partial charge >= 0.3 is 6.03 Å². The average Bonchev–Trinajstić information content (AvgIpc) is 3.02. The van der Waals surface area contributed by atoms with Gasteiger partial charge in [0.2, 0.25) is 11.1 Å². The number of urea groups is 1. The van der Waals surface area contributed by atoms with Crippen molar-refractivity contribution in [2.24, 2.45) is 0 Å². The van der Waals surface area contributed by atoms with E-state index in [0.717, 1.165) is 17.4 Å². The van der Waals surface area contributed by atoms with E-state index in [2.05, 4.69) is 26.2 Å². The molecule has 0 saturated heterocycles. The van der Waals surface area contributed by atoms with E-state index >= 15 is 0 Å². The molecule has 0 aliphatic carbocycles. The van der Waals surface area contributed by atoms with Crippen LogP contribution in [0.3, 0.4) is 0 Å². The first-order chi connectivity index (χ1) is 11.0. The van der Waals surface area contributed by atoms with E-state index in [1.54, 1.807) is 38.3 Å². The molecule has 0 fully saturated rings. The molecule has 0 radical (unpaired) electrons. The molecule has 122 valence electrons. The van der Waals surface area contributed by atoms with Crippen LogP contribution >= 0.6 is 11.8 Å². The summed E-state index contributed by atoms with van der Waals surface area (Å²) in [6, 6.07) is 6.61. The Morgan fingerprint density at radius 1 is 1.30 bits per heavy atom. The van der Waals surface area contributed by atoms with Crippen molar-refractivity contribution >= 4 is 23.7 Å². The number of tetrazole rings is 1. The molecule has 9 nitrogen and oxygen atoms in total. The van der Waals surface area contributed by atoms with Gasteiger partial charge in [-0.25, -0.2) is 4.79 Å². The van der Waals surface area contributed by atoms with Crippen LogP contribution in [-0.2, 0) is 4.79 Å². The van der Waals surface area contributed by atoms with Crippen LogP contribution in [-0.4, -0.2) is 51.6 Å². The first kappa shape index (κ1) is 16.7. The van der Waals surface area contributed by atoms with Gasteiger partial charge in [-0.05, 0) is 41.6 Å². The number of hydrogen-bond donors (Lipinski definition) is 2. The van der Waals surface area contributed by atoms with Gasteiger partial charge in [0.25, 0.3) is 0 Å². The molecule has 0 aliphatic heterocycles. The van der Waals surface area contributed by atoms with Crippen LogP contribution in [0.15, 0.2) is 29.4 Å². The summed E-state index contributed by atoms with van der Waals surface area (Å²) in [5, 5.41) is 15.9. The van der Waals surface area contributed by atoms with Crippen LogP contribution in [0.25, 0.3) is 5.69 Å². The van der Waals surface area contributed by atoms with Gasteiger partial charge in [0.05, 0.1) is 18.0 Å². The van der Waals surface area contributed by atoms with Crippen LogP contribution < -0.4 is 15.4 Å². The quantitative estimate of drug-likeness (QED) is 0.769. The van der Waals surface area contributed by atoms with Gasteiger partial charge in [-0.1, -0.05) is 11.8 Å². The molecule has 23 heavy (non-hydrogen) atoms. The van der Waals surface area contributed by atoms with Crippen molar-refractivity contribution in [3.8, 4) is 11.4 Å². The van der Waals surface area contributed by atoms with E-state index in [1.807, 2.05) is 0 Å². The Hall–Kier alpha value is -2.62. The van der Waals surface area contributed by atoms with Crippen molar-refractivity contribution in [3.63, 3.8) is 0 Å². The number of hydrogen-bond acceptors (Lipinski definition) is 7. The molecular weight excluding hydrogens is 320 g/mol. The molecule has 1 heterocycles. The summed E-state index contributed by atoms with van der Waals surface area (Å²) in [5.41, 5.74) is 0.734. The molecule has 0 saturated carbocycles. The smallest absolute Gasteiger partial charge is 0.321 e. The largest absolute Gasteiger partial charge is 0.497 e. The molecule has 0 spiro atoms. The zero-order valence-corrected chi connectivity index (χ0v) is 13.6. The number of carbonyl (C=O) groups excluding carboxylic acids is 2. The number of nitrogens with zero attached hydrogens (tertiary/aromatic N) is 4. The first-order valence-corrected chi connectivity index (χ1v) is 7.55. The highest BCUT2D eigenvalue weighted by Gasteiger charge is 2.20. The van der Waals surface area contributed by atoms with Crippen molar-refractivity contribution in [2.75, 3.05) is 14.2 Å². The number of ether oxygens (including phenoxy) is 1. The van der Waals surface area contributed by atoms with Crippen LogP contribution in [0, 0.1) is 0 Å². The topological polar surface area (TPSA) is 111 Å². The lowest BCUT2D eigenvalue weighted by atomic mass is 10.3. The minimum Gasteiger partial charge on any atom is -0.497 e. The Labute approximate surface area is 136 Å². The molecule has 2 N–H and O–H groups in total. The highest BCUT2D eigenvalue weighted by molar-refractivity contribution is 8.00. The first-order valence-electron chi connectivity index (χ1n) is 6.67. The van der Waals surface area contributed by atoms with Crippen molar-refractivity contribution in [3.05, 3.63) is 24.3 Å². The molecule has 1 aromatic heterocycles. The lowest BCUT2D eigenvalue weighted by molar-refractivity contribution is -0.119. The summed E-state index contributed by atoms with van der Waals surface area (Å²) in [4.78, 5) is 23.1. The molecule has 10 heteroatoms. The molecule has 1 unspecified atom stereocenters. The maximum atomic E-state index is 11.9. The number of imide groups is 1. The number of carbonyl (C=O) groups is 2. The Balaban J connectivity index is 2.11. The third-order valence-corrected chi connectivity index (χ3v) is 3.91. The van der Waals surface area contributed by atoms with E-state index in [0.29, 0.717) is 10.9 Å². The minimum absolute atomic E-state index is 0.432. The number of nitrogens with one attached hydrogen (secondary N) is 2. The van der Waals surface area contributed by atoms with Crippen LogP contribution in [0.4, 0.5) is 4.79 Å². The summed E-state index contributed by atoms with van der Waals surface area (Å²) in [6.45, 7) is 1.66. The van der Waals surface area contributed by atoms with Crippen molar-refractivity contribution < 1.29 is 14.3 Å². The third kappa shape index (κ3) is 4.19. The number of aromatic nitrogens is 4. The highest BCUT2D eigenvalue weighted by atomic mass is 32.2. The Kier molecular flexibility index (Phi) is 5.52. The van der Waals surface area contributed by atoms with E-state index in [-0.39, 0.29) is 0 Å². The van der Waals surface area contributed by atoms with Gasteiger partial charge in [0.1, 0.15) is 5.75 Å². The normalized spacial score (nSPS) is 11.6. The Morgan fingerprint density at radius 2 is 2.00 bits per heavy atom. The summed E-state index contributed by atoms with van der Waals surface area (Å²) in [5.74, 6) is 0.285. The van der Waals surface area contributed by atoms with E-state index < -0.39 is 17.2 Å². The SMILES string of the molecule is CNC(=O)NC(=O)C(C)Sc1nnnn1-c1ccc(OC)cc1. The van der Waals surface area contributed by atoms with Gasteiger partial charge in [0, 0.05) is 7.05 Å². The average molecular weight is 336 g/mol. The molecule has 2 aromatic rings. The van der Waals surface area contributed by atoms with E-state index in [4.69, 9.17) is 4.74 Å². The highest BCUT2D eigenvalue weighted by Crippen LogP contribution is 2.23. The molecule has 0 aliphatic rings. The van der Waals surface area contributed by atoms with Crippen molar-refractivity contribution in [2.45, 2.75) is 17.3 Å². The van der Waals surface area contributed by atoms with Crippen LogP contribution in [0.5, 0.6) is 5.75 Å². The fourth-order valence-electron chi connectivity index (χ4n) is 1.63. The number of benzene rings is 1.